The van der Waals surface area contributed by atoms with Crippen molar-refractivity contribution in [2.75, 3.05) is 5.75 Å². The molecule has 0 bridgehead atoms. The molecule has 0 fully saturated rings. The first-order valence-corrected chi connectivity index (χ1v) is 14.6. The molecule has 0 spiro atoms. The zero-order valence-electron chi connectivity index (χ0n) is 19.0. The van der Waals surface area contributed by atoms with Crippen LogP contribution in [-0.4, -0.2) is 25.3 Å². The Balaban J connectivity index is 2.86. The van der Waals surface area contributed by atoms with Gasteiger partial charge < -0.3 is 4.43 Å². The molecule has 4 heteroatoms. The maximum Gasteiger partial charge on any atom is 0.194 e. The van der Waals surface area contributed by atoms with Gasteiger partial charge in [-0.2, -0.15) is 0 Å². The monoisotopic (exact) mass is 420 g/mol. The Morgan fingerprint density at radius 2 is 1.79 bits per heavy atom. The molecule has 0 amide bonds. The second-order valence-corrected chi connectivity index (χ2v) is 15.0. The van der Waals surface area contributed by atoms with Crippen LogP contribution < -0.4 is 0 Å². The summed E-state index contributed by atoms with van der Waals surface area (Å²) in [7, 11) is -1.98. The van der Waals surface area contributed by atoms with Crippen LogP contribution in [-0.2, 0) is 9.22 Å². The van der Waals surface area contributed by atoms with Crippen LogP contribution in [0.2, 0.25) is 18.1 Å². The van der Waals surface area contributed by atoms with Crippen molar-refractivity contribution in [1.82, 2.24) is 0 Å². The Morgan fingerprint density at radius 3 is 2.36 bits per heavy atom. The van der Waals surface area contributed by atoms with Gasteiger partial charge in [0.1, 0.15) is 0 Å². The molecule has 0 saturated heterocycles. The number of benzene rings is 1. The molecule has 0 unspecified atom stereocenters. The van der Waals surface area contributed by atoms with Crippen LogP contribution in [0.25, 0.3) is 6.08 Å². The SMILES string of the molecule is CCCCCCSC(=O)[C@@H](C)[C@H](/C=C/c1ccccc1)O[Si](C)(C)C(C)(C)C. The molecular weight excluding hydrogens is 380 g/mol. The average molecular weight is 421 g/mol. The van der Waals surface area contributed by atoms with Crippen LogP contribution in [0.4, 0.5) is 0 Å². The summed E-state index contributed by atoms with van der Waals surface area (Å²) in [5, 5.41) is 0.361. The summed E-state index contributed by atoms with van der Waals surface area (Å²) in [5.41, 5.74) is 1.14. The van der Waals surface area contributed by atoms with E-state index in [1.165, 1.54) is 31.0 Å². The van der Waals surface area contributed by atoms with Crippen molar-refractivity contribution in [2.45, 2.75) is 84.5 Å². The first-order chi connectivity index (χ1) is 13.1. The summed E-state index contributed by atoms with van der Waals surface area (Å²) >= 11 is 1.48. The van der Waals surface area contributed by atoms with E-state index in [0.29, 0.717) is 0 Å². The minimum absolute atomic E-state index is 0.113. The Labute approximate surface area is 178 Å². The van der Waals surface area contributed by atoms with Crippen LogP contribution in [0.3, 0.4) is 0 Å². The van der Waals surface area contributed by atoms with E-state index in [1.54, 1.807) is 0 Å². The maximum atomic E-state index is 12.8. The minimum atomic E-state index is -1.98. The van der Waals surface area contributed by atoms with E-state index in [0.717, 1.165) is 17.7 Å². The third-order valence-corrected chi connectivity index (χ3v) is 11.2. The van der Waals surface area contributed by atoms with Gasteiger partial charge in [-0.25, -0.2) is 0 Å². The first-order valence-electron chi connectivity index (χ1n) is 10.7. The second kappa shape index (κ2) is 12.0. The molecule has 28 heavy (non-hydrogen) atoms. The van der Waals surface area contributed by atoms with E-state index in [9.17, 15) is 4.79 Å². The summed E-state index contributed by atoms with van der Waals surface area (Å²) in [6.07, 6.45) is 8.80. The van der Waals surface area contributed by atoms with Gasteiger partial charge in [-0.1, -0.05) is 108 Å². The molecule has 158 valence electrons. The molecule has 2 atom stereocenters. The Kier molecular flexibility index (Phi) is 10.8. The number of carbonyl (C=O) groups excluding carboxylic acids is 1. The molecule has 0 aromatic heterocycles. The van der Waals surface area contributed by atoms with Gasteiger partial charge >= 0.3 is 0 Å². The van der Waals surface area contributed by atoms with Gasteiger partial charge in [0.25, 0.3) is 0 Å². The van der Waals surface area contributed by atoms with E-state index >= 15 is 0 Å². The molecule has 0 radical (unpaired) electrons. The summed E-state index contributed by atoms with van der Waals surface area (Å²) in [4.78, 5) is 12.8. The lowest BCUT2D eigenvalue weighted by molar-refractivity contribution is -0.115. The second-order valence-electron chi connectivity index (χ2n) is 9.13. The third-order valence-electron chi connectivity index (χ3n) is 5.62. The number of hydrogen-bond donors (Lipinski definition) is 0. The molecule has 0 heterocycles. The predicted molar refractivity (Wildman–Crippen MR) is 128 cm³/mol. The number of rotatable bonds is 11. The number of hydrogen-bond acceptors (Lipinski definition) is 3. The molecule has 0 N–H and O–H groups in total. The van der Waals surface area contributed by atoms with E-state index in [-0.39, 0.29) is 22.2 Å². The highest BCUT2D eigenvalue weighted by Crippen LogP contribution is 2.38. The van der Waals surface area contributed by atoms with Crippen LogP contribution >= 0.6 is 11.8 Å². The maximum absolute atomic E-state index is 12.8. The number of carbonyl (C=O) groups is 1. The van der Waals surface area contributed by atoms with E-state index < -0.39 is 8.32 Å². The molecule has 1 aromatic rings. The molecule has 1 rings (SSSR count). The van der Waals surface area contributed by atoms with Crippen molar-refractivity contribution in [3.63, 3.8) is 0 Å². The van der Waals surface area contributed by atoms with Crippen molar-refractivity contribution in [3.8, 4) is 0 Å². The van der Waals surface area contributed by atoms with E-state index in [2.05, 4.69) is 65.1 Å². The quantitative estimate of drug-likeness (QED) is 0.273. The van der Waals surface area contributed by atoms with Crippen LogP contribution in [0.15, 0.2) is 36.4 Å². The zero-order valence-corrected chi connectivity index (χ0v) is 20.8. The predicted octanol–water partition coefficient (Wildman–Crippen LogP) is 7.57. The highest BCUT2D eigenvalue weighted by atomic mass is 32.2. The summed E-state index contributed by atoms with van der Waals surface area (Å²) < 4.78 is 6.67. The molecule has 0 aliphatic rings. The molecule has 0 aliphatic heterocycles. The zero-order chi connectivity index (χ0) is 21.2. The summed E-state index contributed by atoms with van der Waals surface area (Å²) in [6, 6.07) is 10.2. The summed E-state index contributed by atoms with van der Waals surface area (Å²) in [5.74, 6) is 0.767. The van der Waals surface area contributed by atoms with Crippen molar-refractivity contribution in [3.05, 3.63) is 42.0 Å². The molecule has 2 nitrogen and oxygen atoms in total. The topological polar surface area (TPSA) is 26.3 Å². The van der Waals surface area contributed by atoms with E-state index in [1.807, 2.05) is 25.1 Å². The smallest absolute Gasteiger partial charge is 0.194 e. The van der Waals surface area contributed by atoms with Gasteiger partial charge in [0, 0.05) is 5.75 Å². The molecule has 0 saturated carbocycles. The average Bonchev–Trinajstić information content (AvgIpc) is 2.64. The fourth-order valence-electron chi connectivity index (χ4n) is 2.56. The van der Waals surface area contributed by atoms with Crippen molar-refractivity contribution < 1.29 is 9.22 Å². The lowest BCUT2D eigenvalue weighted by Gasteiger charge is -2.39. The highest BCUT2D eigenvalue weighted by molar-refractivity contribution is 8.13. The molecule has 0 aliphatic carbocycles. The standard InChI is InChI=1S/C24H40O2SSi/c1-8-9-10-14-19-27-23(25)20(2)22(26-28(6,7)24(3,4)5)18-17-21-15-12-11-13-16-21/h11-13,15-18,20,22H,8-10,14,19H2,1-7H3/b18-17+/t20-,22-/m0/s1. The number of unbranched alkanes of at least 4 members (excludes halogenated alkanes) is 3. The Hall–Kier alpha value is -0.843. The fourth-order valence-corrected chi connectivity index (χ4v) is 4.83. The minimum Gasteiger partial charge on any atom is -0.410 e. The first kappa shape index (κ1) is 25.2. The van der Waals surface area contributed by atoms with Crippen molar-refractivity contribution in [1.29, 1.82) is 0 Å². The van der Waals surface area contributed by atoms with Gasteiger partial charge in [-0.3, -0.25) is 4.79 Å². The van der Waals surface area contributed by atoms with Crippen molar-refractivity contribution in [2.24, 2.45) is 5.92 Å². The van der Waals surface area contributed by atoms with Gasteiger partial charge in [0.2, 0.25) is 0 Å². The molecular formula is C24H40O2SSi. The van der Waals surface area contributed by atoms with Gasteiger partial charge in [-0.05, 0) is 30.1 Å². The molecule has 1 aromatic carbocycles. The fraction of sp³-hybridized carbons (Fsp3) is 0.625. The van der Waals surface area contributed by atoms with Gasteiger partial charge in [-0.15, -0.1) is 0 Å². The largest absolute Gasteiger partial charge is 0.410 e. The summed E-state index contributed by atoms with van der Waals surface area (Å²) in [6.45, 7) is 15.5. The van der Waals surface area contributed by atoms with Gasteiger partial charge in [0.05, 0.1) is 12.0 Å². The third kappa shape index (κ3) is 8.67. The lowest BCUT2D eigenvalue weighted by Crippen LogP contribution is -2.45. The van der Waals surface area contributed by atoms with Crippen LogP contribution in [0.1, 0.15) is 65.9 Å². The Morgan fingerprint density at radius 1 is 1.14 bits per heavy atom. The van der Waals surface area contributed by atoms with Crippen molar-refractivity contribution >= 4 is 31.3 Å². The number of thioether (sulfide) groups is 1. The Bertz CT molecular complexity index is 605. The van der Waals surface area contributed by atoms with E-state index in [4.69, 9.17) is 4.43 Å². The van der Waals surface area contributed by atoms with Crippen LogP contribution in [0.5, 0.6) is 0 Å². The highest BCUT2D eigenvalue weighted by Gasteiger charge is 2.40. The lowest BCUT2D eigenvalue weighted by atomic mass is 10.1. The van der Waals surface area contributed by atoms with Gasteiger partial charge in [0.15, 0.2) is 13.4 Å². The van der Waals surface area contributed by atoms with Crippen LogP contribution in [0, 0.1) is 5.92 Å². The normalized spacial score (nSPS) is 15.0.